The first kappa shape index (κ1) is 15.6. The van der Waals surface area contributed by atoms with Crippen molar-refractivity contribution in [1.82, 2.24) is 4.90 Å². The Bertz CT molecular complexity index is 190. The van der Waals surface area contributed by atoms with Crippen LogP contribution in [0.4, 0.5) is 13.2 Å². The summed E-state index contributed by atoms with van der Waals surface area (Å²) in [5.74, 6) is -1.56. The summed E-state index contributed by atoms with van der Waals surface area (Å²) in [6, 6.07) is 0. The summed E-state index contributed by atoms with van der Waals surface area (Å²) in [7, 11) is 2.93. The van der Waals surface area contributed by atoms with Gasteiger partial charge in [0.25, 0.3) is 0 Å². The second kappa shape index (κ2) is 7.05. The molecule has 0 aliphatic carbocycles. The van der Waals surface area contributed by atoms with Gasteiger partial charge in [-0.05, 0) is 7.05 Å². The van der Waals surface area contributed by atoms with Gasteiger partial charge in [0.2, 0.25) is 0 Å². The predicted octanol–water partition coefficient (Wildman–Crippen LogP) is 0.0627. The maximum Gasteiger partial charge on any atom is 0.394 e. The van der Waals surface area contributed by atoms with E-state index in [1.807, 2.05) is 0 Å². The lowest BCUT2D eigenvalue weighted by Crippen LogP contribution is -2.42. The number of aliphatic hydroxyl groups excluding tert-OH is 1. The Morgan fingerprint density at radius 1 is 1.38 bits per heavy atom. The fraction of sp³-hybridized carbons (Fsp3) is 1.00. The summed E-state index contributed by atoms with van der Waals surface area (Å²) in [6.07, 6.45) is -5.09. The Labute approximate surface area is 93.2 Å². The summed E-state index contributed by atoms with van der Waals surface area (Å²) in [4.78, 5) is 1.40. The fourth-order valence-electron chi connectivity index (χ4n) is 1.37. The molecule has 0 amide bonds. The third-order valence-electron chi connectivity index (χ3n) is 2.16. The van der Waals surface area contributed by atoms with E-state index >= 15 is 0 Å². The maximum absolute atomic E-state index is 12.4. The number of alkyl halides is 3. The van der Waals surface area contributed by atoms with Crippen LogP contribution >= 0.6 is 0 Å². The van der Waals surface area contributed by atoms with Gasteiger partial charge in [-0.25, -0.2) is 0 Å². The van der Waals surface area contributed by atoms with Gasteiger partial charge in [-0.3, -0.25) is 0 Å². The van der Waals surface area contributed by atoms with Crippen molar-refractivity contribution in [3.05, 3.63) is 0 Å². The lowest BCUT2D eigenvalue weighted by Gasteiger charge is -2.26. The fourth-order valence-corrected chi connectivity index (χ4v) is 1.37. The molecule has 16 heavy (non-hydrogen) atoms. The first-order chi connectivity index (χ1) is 7.31. The van der Waals surface area contributed by atoms with Gasteiger partial charge in [-0.15, -0.1) is 0 Å². The van der Waals surface area contributed by atoms with E-state index in [1.165, 1.54) is 19.1 Å². The van der Waals surface area contributed by atoms with E-state index in [-0.39, 0.29) is 19.7 Å². The van der Waals surface area contributed by atoms with Crippen molar-refractivity contribution >= 4 is 0 Å². The predicted molar refractivity (Wildman–Crippen MR) is 54.0 cm³/mol. The average molecular weight is 244 g/mol. The molecule has 7 heteroatoms. The van der Waals surface area contributed by atoms with Crippen LogP contribution in [0.25, 0.3) is 0 Å². The second-order valence-corrected chi connectivity index (χ2v) is 3.80. The molecule has 3 N–H and O–H groups in total. The Morgan fingerprint density at radius 3 is 2.31 bits per heavy atom. The minimum absolute atomic E-state index is 0.101. The van der Waals surface area contributed by atoms with Gasteiger partial charge in [0.15, 0.2) is 0 Å². The van der Waals surface area contributed by atoms with Gasteiger partial charge in [-0.2, -0.15) is 13.2 Å². The van der Waals surface area contributed by atoms with E-state index in [0.717, 1.165) is 0 Å². The number of ether oxygens (including phenoxy) is 1. The highest BCUT2D eigenvalue weighted by atomic mass is 19.4. The number of nitrogens with two attached hydrogens (primary N) is 1. The van der Waals surface area contributed by atoms with Crippen LogP contribution in [0, 0.1) is 5.92 Å². The van der Waals surface area contributed by atoms with Crippen LogP contribution in [0.2, 0.25) is 0 Å². The van der Waals surface area contributed by atoms with Crippen molar-refractivity contribution in [3.63, 3.8) is 0 Å². The van der Waals surface area contributed by atoms with Crippen molar-refractivity contribution in [3.8, 4) is 0 Å². The van der Waals surface area contributed by atoms with Gasteiger partial charge in [0.1, 0.15) is 0 Å². The van der Waals surface area contributed by atoms with Gasteiger partial charge in [0, 0.05) is 26.7 Å². The van der Waals surface area contributed by atoms with E-state index < -0.39 is 24.7 Å². The van der Waals surface area contributed by atoms with Crippen LogP contribution in [0.3, 0.4) is 0 Å². The number of rotatable bonds is 7. The van der Waals surface area contributed by atoms with Crippen LogP contribution in [0.15, 0.2) is 0 Å². The SMILES string of the molecule is COCC(O)CN(C)CC(CN)C(F)(F)F. The molecule has 0 bridgehead atoms. The molecule has 4 nitrogen and oxygen atoms in total. The molecule has 0 rings (SSSR count). The molecule has 0 heterocycles. The standard InChI is InChI=1S/C9H19F3N2O2/c1-14(5-8(15)6-16-2)4-7(3-13)9(10,11)12/h7-8,15H,3-6,13H2,1-2H3. The molecule has 0 saturated heterocycles. The zero-order chi connectivity index (χ0) is 12.8. The zero-order valence-corrected chi connectivity index (χ0v) is 9.50. The van der Waals surface area contributed by atoms with Gasteiger partial charge in [0.05, 0.1) is 18.6 Å². The Balaban J connectivity index is 4.06. The third-order valence-corrected chi connectivity index (χ3v) is 2.16. The number of hydrogen-bond donors (Lipinski definition) is 2. The van der Waals surface area contributed by atoms with Gasteiger partial charge >= 0.3 is 6.18 Å². The number of likely N-dealkylation sites (N-methyl/N-ethyl adjacent to an activating group) is 1. The van der Waals surface area contributed by atoms with Crippen LogP contribution in [0.1, 0.15) is 0 Å². The van der Waals surface area contributed by atoms with Crippen molar-refractivity contribution < 1.29 is 23.0 Å². The normalized spacial score (nSPS) is 16.5. The maximum atomic E-state index is 12.4. The van der Waals surface area contributed by atoms with Crippen LogP contribution in [-0.2, 0) is 4.74 Å². The molecular formula is C9H19F3N2O2. The molecule has 0 spiro atoms. The van der Waals surface area contributed by atoms with E-state index in [9.17, 15) is 18.3 Å². The Morgan fingerprint density at radius 2 is 1.94 bits per heavy atom. The van der Waals surface area contributed by atoms with E-state index in [0.29, 0.717) is 0 Å². The smallest absolute Gasteiger partial charge is 0.389 e. The minimum atomic E-state index is -4.30. The summed E-state index contributed by atoms with van der Waals surface area (Å²) in [5.41, 5.74) is 5.06. The highest BCUT2D eigenvalue weighted by Crippen LogP contribution is 2.25. The average Bonchev–Trinajstić information content (AvgIpc) is 2.12. The molecule has 0 aliphatic rings. The monoisotopic (exact) mass is 244 g/mol. The van der Waals surface area contributed by atoms with E-state index in [4.69, 9.17) is 5.73 Å². The number of halogens is 3. The van der Waals surface area contributed by atoms with Crippen molar-refractivity contribution in [2.75, 3.05) is 40.4 Å². The summed E-state index contributed by atoms with van der Waals surface area (Å²) >= 11 is 0. The Kier molecular flexibility index (Phi) is 6.89. The molecule has 2 unspecified atom stereocenters. The molecular weight excluding hydrogens is 225 g/mol. The number of methoxy groups -OCH3 is 1. The van der Waals surface area contributed by atoms with E-state index in [1.54, 1.807) is 0 Å². The number of hydrogen-bond acceptors (Lipinski definition) is 4. The number of aliphatic hydroxyl groups is 1. The topological polar surface area (TPSA) is 58.7 Å². The van der Waals surface area contributed by atoms with Gasteiger partial charge < -0.3 is 20.5 Å². The highest BCUT2D eigenvalue weighted by Gasteiger charge is 2.39. The zero-order valence-electron chi connectivity index (χ0n) is 9.50. The quantitative estimate of drug-likeness (QED) is 0.665. The lowest BCUT2D eigenvalue weighted by molar-refractivity contribution is -0.176. The molecule has 0 radical (unpaired) electrons. The van der Waals surface area contributed by atoms with Crippen molar-refractivity contribution in [1.29, 1.82) is 0 Å². The Hall–Kier alpha value is -0.370. The molecule has 0 aliphatic heterocycles. The third kappa shape index (κ3) is 6.26. The number of nitrogens with zero attached hydrogens (tertiary/aromatic N) is 1. The molecule has 0 saturated carbocycles. The first-order valence-corrected chi connectivity index (χ1v) is 4.93. The van der Waals surface area contributed by atoms with Crippen LogP contribution in [0.5, 0.6) is 0 Å². The minimum Gasteiger partial charge on any atom is -0.389 e. The molecule has 0 fully saturated rings. The molecule has 98 valence electrons. The van der Waals surface area contributed by atoms with E-state index in [2.05, 4.69) is 4.74 Å². The summed E-state index contributed by atoms with van der Waals surface area (Å²) in [5, 5.41) is 9.33. The molecule has 0 aromatic carbocycles. The lowest BCUT2D eigenvalue weighted by atomic mass is 10.1. The largest absolute Gasteiger partial charge is 0.394 e. The van der Waals surface area contributed by atoms with Gasteiger partial charge in [-0.1, -0.05) is 0 Å². The summed E-state index contributed by atoms with van der Waals surface area (Å²) in [6.45, 7) is -0.445. The highest BCUT2D eigenvalue weighted by molar-refractivity contribution is 4.73. The second-order valence-electron chi connectivity index (χ2n) is 3.80. The van der Waals surface area contributed by atoms with Crippen molar-refractivity contribution in [2.45, 2.75) is 12.3 Å². The van der Waals surface area contributed by atoms with Crippen LogP contribution < -0.4 is 5.73 Å². The first-order valence-electron chi connectivity index (χ1n) is 4.93. The molecule has 0 aromatic heterocycles. The molecule has 2 atom stereocenters. The summed E-state index contributed by atoms with van der Waals surface area (Å²) < 4.78 is 41.8. The van der Waals surface area contributed by atoms with Crippen molar-refractivity contribution in [2.24, 2.45) is 11.7 Å². The van der Waals surface area contributed by atoms with Crippen LogP contribution in [-0.4, -0.2) is 62.7 Å². The molecule has 0 aromatic rings.